The number of pyridine rings is 1. The van der Waals surface area contributed by atoms with E-state index in [1.54, 1.807) is 13.1 Å². The van der Waals surface area contributed by atoms with Crippen molar-refractivity contribution in [3.8, 4) is 5.82 Å². The lowest BCUT2D eigenvalue weighted by Crippen LogP contribution is -2.42. The van der Waals surface area contributed by atoms with Crippen molar-refractivity contribution < 1.29 is 22.8 Å². The second kappa shape index (κ2) is 8.17. The zero-order valence-electron chi connectivity index (χ0n) is 16.7. The molecule has 0 bridgehead atoms. The molecule has 4 rings (SSSR count). The molecule has 0 atom stereocenters. The summed E-state index contributed by atoms with van der Waals surface area (Å²) in [6.07, 6.45) is -0.771. The van der Waals surface area contributed by atoms with Gasteiger partial charge in [-0.2, -0.15) is 18.3 Å². The lowest BCUT2D eigenvalue weighted by molar-refractivity contribution is -0.137. The summed E-state index contributed by atoms with van der Waals surface area (Å²) in [5, 5.41) is 4.93. The van der Waals surface area contributed by atoms with Crippen LogP contribution in [0, 0.1) is 6.92 Å². The van der Waals surface area contributed by atoms with Crippen LogP contribution in [0.5, 0.6) is 0 Å². The second-order valence-corrected chi connectivity index (χ2v) is 7.00. The first-order valence-electron chi connectivity index (χ1n) is 9.46. The lowest BCUT2D eigenvalue weighted by atomic mass is 10.1. The Labute approximate surface area is 179 Å². The van der Waals surface area contributed by atoms with Crippen LogP contribution < -0.4 is 10.9 Å². The highest BCUT2D eigenvalue weighted by atomic mass is 19.4. The van der Waals surface area contributed by atoms with Crippen molar-refractivity contribution in [1.29, 1.82) is 0 Å². The average Bonchev–Trinajstić information content (AvgIpc) is 3.35. The van der Waals surface area contributed by atoms with E-state index in [-0.39, 0.29) is 17.8 Å². The smallest absolute Gasteiger partial charge is 0.361 e. The van der Waals surface area contributed by atoms with Gasteiger partial charge in [0.15, 0.2) is 5.82 Å². The monoisotopic (exact) mass is 442 g/mol. The van der Waals surface area contributed by atoms with Gasteiger partial charge in [0.25, 0.3) is 5.91 Å². The van der Waals surface area contributed by atoms with Gasteiger partial charge in [-0.25, -0.2) is 9.67 Å². The fourth-order valence-corrected chi connectivity index (χ4v) is 3.23. The Kier molecular flexibility index (Phi) is 5.39. The van der Waals surface area contributed by atoms with E-state index in [4.69, 9.17) is 0 Å². The summed E-state index contributed by atoms with van der Waals surface area (Å²) in [6.45, 7) is 1.56. The fraction of sp³-hybridized carbons (Fsp3) is 0.143. The minimum Gasteiger partial charge on any atom is -0.361 e. The van der Waals surface area contributed by atoms with Gasteiger partial charge in [-0.05, 0) is 30.7 Å². The van der Waals surface area contributed by atoms with Crippen molar-refractivity contribution in [2.45, 2.75) is 19.5 Å². The van der Waals surface area contributed by atoms with E-state index in [9.17, 15) is 22.8 Å². The topological polar surface area (TPSA) is 105 Å². The maximum atomic E-state index is 12.7. The molecule has 0 unspecified atom stereocenters. The molecule has 0 spiro atoms. The lowest BCUT2D eigenvalue weighted by Gasteiger charge is -2.09. The standard InChI is InChI=1S/C21H17F3N6O2/c1-12-16(11-27-30(12)18-7-6-14(10-26-18)21(22,23)24)20(32)29-28-19(31)8-13-9-25-17-5-3-2-4-15(13)17/h2-7,9-11,25H,8H2,1H3,(H,28,31)(H,29,32). The van der Waals surface area contributed by atoms with Crippen LogP contribution in [0.25, 0.3) is 16.7 Å². The molecule has 0 radical (unpaired) electrons. The number of amides is 2. The average molecular weight is 442 g/mol. The molecule has 164 valence electrons. The molecule has 3 aromatic heterocycles. The number of aromatic amines is 1. The Morgan fingerprint density at radius 2 is 1.88 bits per heavy atom. The molecule has 0 saturated heterocycles. The number of benzene rings is 1. The minimum atomic E-state index is -4.50. The van der Waals surface area contributed by atoms with E-state index in [2.05, 4.69) is 25.9 Å². The van der Waals surface area contributed by atoms with E-state index in [0.29, 0.717) is 11.9 Å². The third-order valence-corrected chi connectivity index (χ3v) is 4.89. The van der Waals surface area contributed by atoms with Crippen LogP contribution in [0.15, 0.2) is 55.0 Å². The molecule has 8 nitrogen and oxygen atoms in total. The zero-order valence-corrected chi connectivity index (χ0v) is 16.7. The number of hydrogen-bond donors (Lipinski definition) is 3. The van der Waals surface area contributed by atoms with Gasteiger partial charge in [0.05, 0.1) is 29.4 Å². The van der Waals surface area contributed by atoms with Crippen LogP contribution in [-0.4, -0.2) is 31.6 Å². The molecule has 3 heterocycles. The SMILES string of the molecule is Cc1c(C(=O)NNC(=O)Cc2c[nH]c3ccccc23)cnn1-c1ccc(C(F)(F)F)cn1. The van der Waals surface area contributed by atoms with Crippen LogP contribution in [0.4, 0.5) is 13.2 Å². The second-order valence-electron chi connectivity index (χ2n) is 7.00. The van der Waals surface area contributed by atoms with Crippen LogP contribution in [0.1, 0.15) is 27.2 Å². The Bertz CT molecular complexity index is 1290. The molecular formula is C21H17F3N6O2. The number of carbonyl (C=O) groups excluding carboxylic acids is 2. The normalized spacial score (nSPS) is 11.5. The first-order chi connectivity index (χ1) is 15.2. The van der Waals surface area contributed by atoms with E-state index < -0.39 is 23.6 Å². The molecule has 0 aliphatic heterocycles. The Morgan fingerprint density at radius 3 is 2.59 bits per heavy atom. The summed E-state index contributed by atoms with van der Waals surface area (Å²) in [7, 11) is 0. The number of alkyl halides is 3. The minimum absolute atomic E-state index is 0.0536. The molecule has 4 aromatic rings. The van der Waals surface area contributed by atoms with Gasteiger partial charge in [0.1, 0.15) is 0 Å². The molecule has 0 aliphatic rings. The van der Waals surface area contributed by atoms with E-state index >= 15 is 0 Å². The number of fused-ring (bicyclic) bond motifs is 1. The van der Waals surface area contributed by atoms with Crippen LogP contribution in [0.3, 0.4) is 0 Å². The molecule has 3 N–H and O–H groups in total. The number of aromatic nitrogens is 4. The van der Waals surface area contributed by atoms with Gasteiger partial charge in [-0.1, -0.05) is 18.2 Å². The number of para-hydroxylation sites is 1. The summed E-state index contributed by atoms with van der Waals surface area (Å²) in [5.41, 5.74) is 5.96. The Hall–Kier alpha value is -4.15. The van der Waals surface area contributed by atoms with Crippen LogP contribution in [-0.2, 0) is 17.4 Å². The van der Waals surface area contributed by atoms with E-state index in [0.717, 1.165) is 28.6 Å². The van der Waals surface area contributed by atoms with E-state index in [1.807, 2.05) is 24.3 Å². The van der Waals surface area contributed by atoms with Gasteiger partial charge >= 0.3 is 6.18 Å². The summed E-state index contributed by atoms with van der Waals surface area (Å²) < 4.78 is 39.4. The number of rotatable bonds is 4. The van der Waals surface area contributed by atoms with Gasteiger partial charge in [0.2, 0.25) is 5.91 Å². The summed E-state index contributed by atoms with van der Waals surface area (Å²) >= 11 is 0. The number of H-pyrrole nitrogens is 1. The Morgan fingerprint density at radius 1 is 1.09 bits per heavy atom. The first kappa shape index (κ1) is 21.1. The summed E-state index contributed by atoms with van der Waals surface area (Å²) in [6, 6.07) is 9.57. The highest BCUT2D eigenvalue weighted by Gasteiger charge is 2.30. The molecule has 2 amide bonds. The summed E-state index contributed by atoms with van der Waals surface area (Å²) in [4.78, 5) is 31.6. The highest BCUT2D eigenvalue weighted by molar-refractivity contribution is 5.97. The predicted octanol–water partition coefficient (Wildman–Crippen LogP) is 3.08. The number of nitrogens with zero attached hydrogens (tertiary/aromatic N) is 3. The molecular weight excluding hydrogens is 425 g/mol. The van der Waals surface area contributed by atoms with Gasteiger partial charge in [0, 0.05) is 23.3 Å². The molecule has 11 heteroatoms. The number of nitrogens with one attached hydrogen (secondary N) is 3. The van der Waals surface area contributed by atoms with E-state index in [1.165, 1.54) is 10.9 Å². The maximum Gasteiger partial charge on any atom is 0.417 e. The fourth-order valence-electron chi connectivity index (χ4n) is 3.23. The van der Waals surface area contributed by atoms with Crippen molar-refractivity contribution in [2.24, 2.45) is 0 Å². The van der Waals surface area contributed by atoms with Crippen molar-refractivity contribution in [3.63, 3.8) is 0 Å². The van der Waals surface area contributed by atoms with Crippen LogP contribution in [0.2, 0.25) is 0 Å². The maximum absolute atomic E-state index is 12.7. The number of halogens is 3. The highest BCUT2D eigenvalue weighted by Crippen LogP contribution is 2.28. The van der Waals surface area contributed by atoms with Crippen molar-refractivity contribution >= 4 is 22.7 Å². The van der Waals surface area contributed by atoms with Gasteiger partial charge < -0.3 is 4.98 Å². The van der Waals surface area contributed by atoms with Crippen molar-refractivity contribution in [2.75, 3.05) is 0 Å². The Balaban J connectivity index is 1.41. The quantitative estimate of drug-likeness (QED) is 0.423. The molecule has 32 heavy (non-hydrogen) atoms. The largest absolute Gasteiger partial charge is 0.417 e. The van der Waals surface area contributed by atoms with Gasteiger partial charge in [-0.15, -0.1) is 0 Å². The van der Waals surface area contributed by atoms with Crippen molar-refractivity contribution in [1.82, 2.24) is 30.6 Å². The number of hydrogen-bond acceptors (Lipinski definition) is 4. The molecule has 0 saturated carbocycles. The summed E-state index contributed by atoms with van der Waals surface area (Å²) in [5.74, 6) is -0.914. The number of hydrazine groups is 1. The first-order valence-corrected chi connectivity index (χ1v) is 9.46. The zero-order chi connectivity index (χ0) is 22.9. The third-order valence-electron chi connectivity index (χ3n) is 4.89. The van der Waals surface area contributed by atoms with Gasteiger partial charge in [-0.3, -0.25) is 20.4 Å². The predicted molar refractivity (Wildman–Crippen MR) is 109 cm³/mol. The third kappa shape index (κ3) is 4.17. The number of carbonyl (C=O) groups is 2. The molecule has 1 aromatic carbocycles. The molecule has 0 aliphatic carbocycles. The van der Waals surface area contributed by atoms with Crippen LogP contribution >= 0.6 is 0 Å². The molecule has 0 fully saturated rings. The van der Waals surface area contributed by atoms with Crippen molar-refractivity contribution in [3.05, 3.63) is 77.4 Å².